The van der Waals surface area contributed by atoms with Crippen LogP contribution in [0.2, 0.25) is 0 Å². The van der Waals surface area contributed by atoms with Gasteiger partial charge < -0.3 is 15.0 Å². The predicted molar refractivity (Wildman–Crippen MR) is 107 cm³/mol. The third kappa shape index (κ3) is 5.50. The molecule has 2 N–H and O–H groups in total. The number of aliphatic hydroxyl groups is 1. The summed E-state index contributed by atoms with van der Waals surface area (Å²) >= 11 is 0. The Morgan fingerprint density at radius 3 is 2.62 bits per heavy atom. The molecule has 0 aliphatic carbocycles. The first-order valence-electron chi connectivity index (χ1n) is 9.28. The molecular formula is C18H25N7O3S. The van der Waals surface area contributed by atoms with Crippen LogP contribution in [0.3, 0.4) is 0 Å². The molecule has 0 atom stereocenters. The van der Waals surface area contributed by atoms with Crippen LogP contribution in [-0.2, 0) is 16.6 Å². The summed E-state index contributed by atoms with van der Waals surface area (Å²) in [6, 6.07) is 2.12. The second-order valence-corrected chi connectivity index (χ2v) is 9.87. The summed E-state index contributed by atoms with van der Waals surface area (Å²) in [6.07, 6.45) is 7.27. The maximum atomic E-state index is 11.6. The lowest BCUT2D eigenvalue weighted by Gasteiger charge is -2.30. The molecule has 1 fully saturated rings. The molecule has 1 aliphatic rings. The molecule has 0 aromatic carbocycles. The number of imidazole rings is 1. The molecule has 0 saturated carbocycles. The molecule has 1 saturated heterocycles. The van der Waals surface area contributed by atoms with Crippen LogP contribution in [0.5, 0.6) is 0 Å². The summed E-state index contributed by atoms with van der Waals surface area (Å²) in [6.45, 7) is 4.66. The number of nitriles is 1. The summed E-state index contributed by atoms with van der Waals surface area (Å²) < 4.78 is 26.5. The summed E-state index contributed by atoms with van der Waals surface area (Å²) in [5, 5.41) is 22.6. The van der Waals surface area contributed by atoms with Gasteiger partial charge in [0.25, 0.3) is 0 Å². The molecule has 0 radical (unpaired) electrons. The van der Waals surface area contributed by atoms with Crippen LogP contribution in [0.1, 0.15) is 32.3 Å². The van der Waals surface area contributed by atoms with Crippen molar-refractivity contribution < 1.29 is 13.5 Å². The minimum Gasteiger partial charge on any atom is -0.389 e. The van der Waals surface area contributed by atoms with Crippen molar-refractivity contribution in [2.24, 2.45) is 0 Å². The summed E-state index contributed by atoms with van der Waals surface area (Å²) in [5.41, 5.74) is 0.335. The number of nitrogens with zero attached hydrogens (tertiary/aromatic N) is 6. The maximum absolute atomic E-state index is 11.6. The second kappa shape index (κ2) is 8.06. The first kappa shape index (κ1) is 21.2. The Balaban J connectivity index is 1.76. The van der Waals surface area contributed by atoms with Gasteiger partial charge in [0, 0.05) is 25.3 Å². The summed E-state index contributed by atoms with van der Waals surface area (Å²) in [7, 11) is -3.17. The first-order valence-corrected chi connectivity index (χ1v) is 11.1. The smallest absolute Gasteiger partial charge is 0.223 e. The van der Waals surface area contributed by atoms with E-state index in [2.05, 4.69) is 26.3 Å². The van der Waals surface area contributed by atoms with Crippen molar-refractivity contribution in [2.45, 2.75) is 44.9 Å². The summed E-state index contributed by atoms with van der Waals surface area (Å²) in [5.74, 6) is 0.369. The van der Waals surface area contributed by atoms with Crippen molar-refractivity contribution in [3.63, 3.8) is 0 Å². The number of sulfonamides is 1. The van der Waals surface area contributed by atoms with Crippen molar-refractivity contribution in [3.8, 4) is 17.5 Å². The number of hydrogen-bond donors (Lipinski definition) is 2. The number of aromatic nitrogens is 4. The monoisotopic (exact) mass is 419 g/mol. The number of anilines is 1. The zero-order valence-electron chi connectivity index (χ0n) is 16.7. The van der Waals surface area contributed by atoms with E-state index in [-0.39, 0.29) is 6.04 Å². The van der Waals surface area contributed by atoms with Crippen LogP contribution in [0, 0.1) is 11.3 Å². The second-order valence-electron chi connectivity index (χ2n) is 7.89. The van der Waals surface area contributed by atoms with Crippen LogP contribution >= 0.6 is 0 Å². The highest BCUT2D eigenvalue weighted by atomic mass is 32.2. The van der Waals surface area contributed by atoms with Crippen molar-refractivity contribution in [1.29, 1.82) is 5.26 Å². The minimum absolute atomic E-state index is 0.0431. The van der Waals surface area contributed by atoms with Gasteiger partial charge >= 0.3 is 0 Å². The molecule has 3 rings (SSSR count). The van der Waals surface area contributed by atoms with E-state index in [1.807, 2.05) is 0 Å². The Morgan fingerprint density at radius 1 is 1.34 bits per heavy atom. The van der Waals surface area contributed by atoms with E-state index in [9.17, 15) is 18.8 Å². The molecule has 0 bridgehead atoms. The lowest BCUT2D eigenvalue weighted by molar-refractivity contribution is 0.0615. The molecule has 11 heteroatoms. The average molecular weight is 420 g/mol. The largest absolute Gasteiger partial charge is 0.389 e. The van der Waals surface area contributed by atoms with E-state index in [1.165, 1.54) is 16.8 Å². The Hall–Kier alpha value is -2.55. The normalized spacial score (nSPS) is 16.5. The molecule has 0 unspecified atom stereocenters. The number of nitrogens with one attached hydrogen (secondary N) is 1. The Labute approximate surface area is 170 Å². The topological polar surface area (TPSA) is 137 Å². The molecule has 2 aromatic rings. The van der Waals surface area contributed by atoms with Crippen LogP contribution in [-0.4, -0.2) is 68.3 Å². The molecule has 1 aliphatic heterocycles. The highest BCUT2D eigenvalue weighted by Crippen LogP contribution is 2.22. The number of hydrogen-bond acceptors (Lipinski definition) is 8. The maximum Gasteiger partial charge on any atom is 0.223 e. The van der Waals surface area contributed by atoms with Crippen LogP contribution < -0.4 is 5.32 Å². The van der Waals surface area contributed by atoms with E-state index < -0.39 is 15.6 Å². The average Bonchev–Trinajstić information content (AvgIpc) is 3.08. The molecule has 0 amide bonds. The van der Waals surface area contributed by atoms with Gasteiger partial charge in [-0.25, -0.2) is 27.7 Å². The third-order valence-corrected chi connectivity index (χ3v) is 5.91. The SMILES string of the molecule is CC(C)(O)Cn1cnc(-c2nc(NC3CCN(S(C)(=O)=O)CC3)ncc2C#N)c1. The highest BCUT2D eigenvalue weighted by molar-refractivity contribution is 7.88. The van der Waals surface area contributed by atoms with Crippen molar-refractivity contribution >= 4 is 16.0 Å². The van der Waals surface area contributed by atoms with E-state index in [1.54, 1.807) is 30.9 Å². The van der Waals surface area contributed by atoms with Gasteiger partial charge in [-0.05, 0) is 26.7 Å². The molecule has 10 nitrogen and oxygen atoms in total. The van der Waals surface area contributed by atoms with Gasteiger partial charge in [-0.15, -0.1) is 0 Å². The van der Waals surface area contributed by atoms with Crippen LogP contribution in [0.4, 0.5) is 5.95 Å². The van der Waals surface area contributed by atoms with E-state index in [4.69, 9.17) is 0 Å². The molecular weight excluding hydrogens is 394 g/mol. The highest BCUT2D eigenvalue weighted by Gasteiger charge is 2.25. The van der Waals surface area contributed by atoms with Crippen LogP contribution in [0.15, 0.2) is 18.7 Å². The van der Waals surface area contributed by atoms with Crippen LogP contribution in [0.25, 0.3) is 11.4 Å². The predicted octanol–water partition coefficient (Wildman–Crippen LogP) is 0.819. The van der Waals surface area contributed by atoms with Gasteiger partial charge in [0.05, 0.1) is 36.5 Å². The molecule has 156 valence electrons. The molecule has 2 aromatic heterocycles. The molecule has 3 heterocycles. The van der Waals surface area contributed by atoms with Crippen molar-refractivity contribution in [1.82, 2.24) is 23.8 Å². The fourth-order valence-electron chi connectivity index (χ4n) is 3.26. The lowest BCUT2D eigenvalue weighted by atomic mass is 10.1. The number of piperidine rings is 1. The van der Waals surface area contributed by atoms with E-state index >= 15 is 0 Å². The Morgan fingerprint density at radius 2 is 2.03 bits per heavy atom. The number of rotatable bonds is 6. The van der Waals surface area contributed by atoms with Crippen molar-refractivity contribution in [3.05, 3.63) is 24.3 Å². The zero-order valence-corrected chi connectivity index (χ0v) is 17.5. The van der Waals surface area contributed by atoms with Gasteiger partial charge in [-0.3, -0.25) is 0 Å². The van der Waals surface area contributed by atoms with E-state index in [0.717, 1.165) is 0 Å². The van der Waals surface area contributed by atoms with E-state index in [0.29, 0.717) is 55.4 Å². The van der Waals surface area contributed by atoms with Gasteiger partial charge in [0.2, 0.25) is 16.0 Å². The molecule has 29 heavy (non-hydrogen) atoms. The molecule has 0 spiro atoms. The lowest BCUT2D eigenvalue weighted by Crippen LogP contribution is -2.42. The Bertz CT molecular complexity index is 1010. The fraction of sp³-hybridized carbons (Fsp3) is 0.556. The quantitative estimate of drug-likeness (QED) is 0.702. The summed E-state index contributed by atoms with van der Waals surface area (Å²) in [4.78, 5) is 13.0. The van der Waals surface area contributed by atoms with Gasteiger partial charge in [0.1, 0.15) is 17.5 Å². The minimum atomic E-state index is -3.17. The first-order chi connectivity index (χ1) is 13.5. The van der Waals surface area contributed by atoms with Gasteiger partial charge in [-0.2, -0.15) is 5.26 Å². The van der Waals surface area contributed by atoms with Crippen molar-refractivity contribution in [2.75, 3.05) is 24.7 Å². The third-order valence-electron chi connectivity index (χ3n) is 4.61. The van der Waals surface area contributed by atoms with Gasteiger partial charge in [0.15, 0.2) is 0 Å². The fourth-order valence-corrected chi connectivity index (χ4v) is 4.13. The standard InChI is InChI=1S/C18H25N7O3S/c1-18(2,26)11-24-10-15(21-12-24)16-13(8-19)9-20-17(23-16)22-14-4-6-25(7-5-14)29(3,27)28/h9-10,12,14,26H,4-7,11H2,1-3H3,(H,20,22,23). The zero-order chi connectivity index (χ0) is 21.2. The Kier molecular flexibility index (Phi) is 5.88. The van der Waals surface area contributed by atoms with Gasteiger partial charge in [-0.1, -0.05) is 0 Å².